The van der Waals surface area contributed by atoms with Gasteiger partial charge in [-0.05, 0) is 13.3 Å². The van der Waals surface area contributed by atoms with Gasteiger partial charge in [0.2, 0.25) is 5.91 Å². The molecule has 2 N–H and O–H groups in total. The highest BCUT2D eigenvalue weighted by molar-refractivity contribution is 5.88. The number of ether oxygens (including phenoxy) is 1. The third kappa shape index (κ3) is 6.39. The first-order chi connectivity index (χ1) is 8.32. The maximum absolute atomic E-state index is 11.8. The van der Waals surface area contributed by atoms with E-state index in [0.29, 0.717) is 6.42 Å². The summed E-state index contributed by atoms with van der Waals surface area (Å²) in [4.78, 5) is 23.5. The van der Waals surface area contributed by atoms with Gasteiger partial charge in [0.15, 0.2) is 0 Å². The molecule has 0 heterocycles. The van der Waals surface area contributed by atoms with Crippen LogP contribution in [0.4, 0.5) is 0 Å². The van der Waals surface area contributed by atoms with Crippen molar-refractivity contribution >= 4 is 11.9 Å². The molecular weight excluding hydrogens is 234 g/mol. The van der Waals surface area contributed by atoms with Gasteiger partial charge in [0, 0.05) is 12.0 Å². The van der Waals surface area contributed by atoms with E-state index in [1.54, 1.807) is 33.8 Å². The number of esters is 1. The number of carbonyl (C=O) groups excluding carboxylic acids is 2. The molecule has 0 saturated carbocycles. The Morgan fingerprint density at radius 3 is 2.44 bits per heavy atom. The lowest BCUT2D eigenvalue weighted by Crippen LogP contribution is -2.45. The Morgan fingerprint density at radius 1 is 1.39 bits per heavy atom. The average molecular weight is 257 g/mol. The van der Waals surface area contributed by atoms with Crippen LogP contribution in [0.3, 0.4) is 0 Å². The molecule has 104 valence electrons. The molecule has 18 heavy (non-hydrogen) atoms. The Bertz CT molecular complexity index is 305. The summed E-state index contributed by atoms with van der Waals surface area (Å²) in [6, 6.07) is -0.803. The van der Waals surface area contributed by atoms with Gasteiger partial charge in [-0.15, -0.1) is 0 Å². The standard InChI is InChI=1S/C13H23NO4/c1-5-18-11(16)10(8-6-7-9-15)14-12(17)13(2,3)4/h6,8,10,15H,5,7,9H2,1-4H3,(H,14,17)/b8-6+. The number of aliphatic hydroxyl groups is 1. The number of rotatable bonds is 6. The van der Waals surface area contributed by atoms with Crippen LogP contribution in [0.25, 0.3) is 0 Å². The molecule has 0 aliphatic rings. The summed E-state index contributed by atoms with van der Waals surface area (Å²) in [5.74, 6) is -0.724. The minimum Gasteiger partial charge on any atom is -0.464 e. The molecular formula is C13H23NO4. The molecule has 0 bridgehead atoms. The topological polar surface area (TPSA) is 75.6 Å². The van der Waals surface area contributed by atoms with Gasteiger partial charge in [0.05, 0.1) is 6.61 Å². The number of aliphatic hydroxyl groups excluding tert-OH is 1. The third-order valence-electron chi connectivity index (χ3n) is 2.13. The average Bonchev–Trinajstić information content (AvgIpc) is 2.26. The van der Waals surface area contributed by atoms with Crippen LogP contribution < -0.4 is 5.32 Å². The number of amides is 1. The molecule has 0 fully saturated rings. The molecule has 0 aromatic heterocycles. The molecule has 5 nitrogen and oxygen atoms in total. The van der Waals surface area contributed by atoms with Gasteiger partial charge in [-0.1, -0.05) is 32.9 Å². The van der Waals surface area contributed by atoms with Gasteiger partial charge < -0.3 is 15.2 Å². The van der Waals surface area contributed by atoms with E-state index in [2.05, 4.69) is 5.32 Å². The van der Waals surface area contributed by atoms with Gasteiger partial charge in [-0.2, -0.15) is 0 Å². The van der Waals surface area contributed by atoms with Crippen LogP contribution in [0.5, 0.6) is 0 Å². The highest BCUT2D eigenvalue weighted by Gasteiger charge is 2.26. The van der Waals surface area contributed by atoms with Crippen LogP contribution in [0.2, 0.25) is 0 Å². The van der Waals surface area contributed by atoms with Gasteiger partial charge in [0.1, 0.15) is 6.04 Å². The minimum atomic E-state index is -0.803. The Labute approximate surface area is 108 Å². The molecule has 0 rings (SSSR count). The largest absolute Gasteiger partial charge is 0.464 e. The van der Waals surface area contributed by atoms with E-state index in [4.69, 9.17) is 9.84 Å². The first-order valence-electron chi connectivity index (χ1n) is 6.08. The van der Waals surface area contributed by atoms with Crippen molar-refractivity contribution < 1.29 is 19.4 Å². The Kier molecular flexibility index (Phi) is 7.27. The van der Waals surface area contributed by atoms with Crippen molar-refractivity contribution in [2.45, 2.75) is 40.2 Å². The fourth-order valence-corrected chi connectivity index (χ4v) is 1.08. The molecule has 1 atom stereocenters. The van der Waals surface area contributed by atoms with Crippen molar-refractivity contribution in [3.63, 3.8) is 0 Å². The first kappa shape index (κ1) is 16.6. The fraction of sp³-hybridized carbons (Fsp3) is 0.692. The molecule has 5 heteroatoms. The van der Waals surface area contributed by atoms with Crippen molar-refractivity contribution in [1.82, 2.24) is 5.32 Å². The molecule has 0 aliphatic carbocycles. The smallest absolute Gasteiger partial charge is 0.332 e. The molecule has 0 aliphatic heterocycles. The number of hydrogen-bond donors (Lipinski definition) is 2. The molecule has 0 spiro atoms. The van der Waals surface area contributed by atoms with E-state index in [1.165, 1.54) is 6.08 Å². The zero-order valence-corrected chi connectivity index (χ0v) is 11.5. The highest BCUT2D eigenvalue weighted by Crippen LogP contribution is 2.13. The second-order valence-corrected chi connectivity index (χ2v) is 4.89. The summed E-state index contributed by atoms with van der Waals surface area (Å²) in [6.45, 7) is 7.26. The van der Waals surface area contributed by atoms with E-state index >= 15 is 0 Å². The molecule has 1 amide bonds. The van der Waals surface area contributed by atoms with Gasteiger partial charge >= 0.3 is 5.97 Å². The van der Waals surface area contributed by atoms with Crippen LogP contribution in [0.15, 0.2) is 12.2 Å². The Hall–Kier alpha value is -1.36. The van der Waals surface area contributed by atoms with E-state index < -0.39 is 17.4 Å². The molecule has 1 unspecified atom stereocenters. The predicted molar refractivity (Wildman–Crippen MR) is 68.9 cm³/mol. The normalized spacial score (nSPS) is 13.4. The number of hydrogen-bond acceptors (Lipinski definition) is 4. The lowest BCUT2D eigenvalue weighted by molar-refractivity contribution is -0.146. The van der Waals surface area contributed by atoms with Crippen molar-refractivity contribution in [2.75, 3.05) is 13.2 Å². The summed E-state index contributed by atoms with van der Waals surface area (Å²) in [7, 11) is 0. The van der Waals surface area contributed by atoms with E-state index in [-0.39, 0.29) is 19.1 Å². The first-order valence-corrected chi connectivity index (χ1v) is 6.08. The second kappa shape index (κ2) is 7.87. The molecule has 0 aromatic carbocycles. The zero-order valence-electron chi connectivity index (χ0n) is 11.5. The highest BCUT2D eigenvalue weighted by atomic mass is 16.5. The zero-order chi connectivity index (χ0) is 14.2. The molecule has 0 aromatic rings. The lowest BCUT2D eigenvalue weighted by atomic mass is 9.95. The lowest BCUT2D eigenvalue weighted by Gasteiger charge is -2.21. The van der Waals surface area contributed by atoms with Crippen LogP contribution in [0, 0.1) is 5.41 Å². The molecule has 0 radical (unpaired) electrons. The second-order valence-electron chi connectivity index (χ2n) is 4.89. The van der Waals surface area contributed by atoms with Crippen molar-refractivity contribution in [3.05, 3.63) is 12.2 Å². The van der Waals surface area contributed by atoms with Crippen LogP contribution >= 0.6 is 0 Å². The number of carbonyl (C=O) groups is 2. The quantitative estimate of drug-likeness (QED) is 0.550. The van der Waals surface area contributed by atoms with E-state index in [1.807, 2.05) is 0 Å². The Balaban J connectivity index is 4.66. The van der Waals surface area contributed by atoms with Crippen LogP contribution in [0.1, 0.15) is 34.1 Å². The summed E-state index contributed by atoms with van der Waals surface area (Å²) in [5, 5.41) is 11.3. The van der Waals surface area contributed by atoms with Gasteiger partial charge in [0.25, 0.3) is 0 Å². The van der Waals surface area contributed by atoms with Gasteiger partial charge in [-0.25, -0.2) is 4.79 Å². The van der Waals surface area contributed by atoms with Crippen molar-refractivity contribution in [1.29, 1.82) is 0 Å². The maximum Gasteiger partial charge on any atom is 0.332 e. The van der Waals surface area contributed by atoms with Crippen molar-refractivity contribution in [2.24, 2.45) is 5.41 Å². The van der Waals surface area contributed by atoms with Crippen LogP contribution in [-0.2, 0) is 14.3 Å². The monoisotopic (exact) mass is 257 g/mol. The minimum absolute atomic E-state index is 0.000731. The van der Waals surface area contributed by atoms with E-state index in [9.17, 15) is 9.59 Å². The number of nitrogens with one attached hydrogen (secondary N) is 1. The summed E-state index contributed by atoms with van der Waals surface area (Å²) < 4.78 is 4.88. The van der Waals surface area contributed by atoms with Crippen molar-refractivity contribution in [3.8, 4) is 0 Å². The summed E-state index contributed by atoms with van der Waals surface area (Å²) in [6.07, 6.45) is 3.61. The Morgan fingerprint density at radius 2 is 2.00 bits per heavy atom. The predicted octanol–water partition coefficient (Wildman–Crippen LogP) is 1.02. The SMILES string of the molecule is CCOC(=O)C(/C=C/CCO)NC(=O)C(C)(C)C. The van der Waals surface area contributed by atoms with Gasteiger partial charge in [-0.3, -0.25) is 4.79 Å². The fourth-order valence-electron chi connectivity index (χ4n) is 1.08. The third-order valence-corrected chi connectivity index (χ3v) is 2.13. The summed E-state index contributed by atoms with van der Waals surface area (Å²) >= 11 is 0. The van der Waals surface area contributed by atoms with E-state index in [0.717, 1.165) is 0 Å². The summed E-state index contributed by atoms with van der Waals surface area (Å²) in [5.41, 5.74) is -0.574. The maximum atomic E-state index is 11.8. The molecule has 0 saturated heterocycles. The van der Waals surface area contributed by atoms with Crippen LogP contribution in [-0.4, -0.2) is 36.2 Å².